The van der Waals surface area contributed by atoms with Crippen LogP contribution >= 0.6 is 31.9 Å². The van der Waals surface area contributed by atoms with Gasteiger partial charge in [-0.2, -0.15) is 0 Å². The average molecular weight is 413 g/mol. The predicted molar refractivity (Wildman–Crippen MR) is 80.6 cm³/mol. The van der Waals surface area contributed by atoms with Gasteiger partial charge in [0, 0.05) is 21.6 Å². The van der Waals surface area contributed by atoms with Crippen molar-refractivity contribution >= 4 is 41.9 Å². The number of rotatable bonds is 3. The van der Waals surface area contributed by atoms with E-state index in [1.165, 1.54) is 0 Å². The molecule has 1 aliphatic heterocycles. The summed E-state index contributed by atoms with van der Waals surface area (Å²) in [6.45, 7) is 3.18. The molecule has 7 heteroatoms. The van der Waals surface area contributed by atoms with E-state index in [-0.39, 0.29) is 16.9 Å². The predicted octanol–water partition coefficient (Wildman–Crippen LogP) is 2.91. The highest BCUT2D eigenvalue weighted by Gasteiger charge is 2.28. The smallest absolute Gasteiger partial charge is 0.241 e. The molecule has 106 valence electrons. The average Bonchev–Trinajstić information content (AvgIpc) is 2.31. The van der Waals surface area contributed by atoms with Crippen molar-refractivity contribution in [1.29, 1.82) is 0 Å². The molecular weight excluding hydrogens is 398 g/mol. The first-order chi connectivity index (χ1) is 8.90. The van der Waals surface area contributed by atoms with Gasteiger partial charge in [0.25, 0.3) is 0 Å². The molecule has 4 nitrogen and oxygen atoms in total. The molecule has 1 fully saturated rings. The highest BCUT2D eigenvalue weighted by atomic mass is 79.9. The summed E-state index contributed by atoms with van der Waals surface area (Å²) in [6.07, 6.45) is 0.703. The Balaban J connectivity index is 2.22. The van der Waals surface area contributed by atoms with Crippen LogP contribution in [0.25, 0.3) is 0 Å². The monoisotopic (exact) mass is 411 g/mol. The van der Waals surface area contributed by atoms with Gasteiger partial charge in [-0.3, -0.25) is 0 Å². The lowest BCUT2D eigenvalue weighted by molar-refractivity contribution is 0.0450. The van der Waals surface area contributed by atoms with Gasteiger partial charge in [0.15, 0.2) is 0 Å². The van der Waals surface area contributed by atoms with Crippen molar-refractivity contribution in [2.45, 2.75) is 24.3 Å². The molecule has 2 unspecified atom stereocenters. The minimum absolute atomic E-state index is 0.0747. The second kappa shape index (κ2) is 6.22. The summed E-state index contributed by atoms with van der Waals surface area (Å²) in [6, 6.07) is 4.95. The van der Waals surface area contributed by atoms with Crippen LogP contribution in [0.1, 0.15) is 13.3 Å². The van der Waals surface area contributed by atoms with Gasteiger partial charge in [0.2, 0.25) is 10.0 Å². The molecule has 0 amide bonds. The van der Waals surface area contributed by atoms with Gasteiger partial charge in [-0.15, -0.1) is 0 Å². The third-order valence-electron chi connectivity index (χ3n) is 3.13. The van der Waals surface area contributed by atoms with Crippen molar-refractivity contribution in [2.75, 3.05) is 13.2 Å². The highest BCUT2D eigenvalue weighted by Crippen LogP contribution is 2.26. The third kappa shape index (κ3) is 3.78. The maximum Gasteiger partial charge on any atom is 0.241 e. The van der Waals surface area contributed by atoms with Crippen LogP contribution in [0.4, 0.5) is 0 Å². The van der Waals surface area contributed by atoms with Crippen molar-refractivity contribution in [1.82, 2.24) is 4.72 Å². The molecule has 1 aromatic rings. The first-order valence-corrected chi connectivity index (χ1v) is 9.02. The van der Waals surface area contributed by atoms with Gasteiger partial charge >= 0.3 is 0 Å². The van der Waals surface area contributed by atoms with E-state index in [1.54, 1.807) is 18.2 Å². The molecule has 1 aliphatic rings. The number of hydrogen-bond acceptors (Lipinski definition) is 3. The fourth-order valence-electron chi connectivity index (χ4n) is 2.01. The van der Waals surface area contributed by atoms with E-state index in [0.717, 1.165) is 4.47 Å². The molecule has 19 heavy (non-hydrogen) atoms. The van der Waals surface area contributed by atoms with Crippen LogP contribution in [0.15, 0.2) is 32.0 Å². The molecular formula is C12H15Br2NO3S. The summed E-state index contributed by atoms with van der Waals surface area (Å²) < 4.78 is 34.2. The molecule has 1 aromatic carbocycles. The molecule has 0 aromatic heterocycles. The fourth-order valence-corrected chi connectivity index (χ4v) is 5.14. The second-order valence-electron chi connectivity index (χ2n) is 4.64. The Kier molecular flexibility index (Phi) is 5.05. The Morgan fingerprint density at radius 1 is 1.37 bits per heavy atom. The Hall–Kier alpha value is 0.0500. The van der Waals surface area contributed by atoms with E-state index in [4.69, 9.17) is 4.74 Å². The molecule has 0 spiro atoms. The van der Waals surface area contributed by atoms with E-state index in [9.17, 15) is 8.42 Å². The molecule has 1 heterocycles. The first-order valence-electron chi connectivity index (χ1n) is 5.95. The molecule has 2 atom stereocenters. The summed E-state index contributed by atoms with van der Waals surface area (Å²) in [5.74, 6) is 0.178. The second-order valence-corrected chi connectivity index (χ2v) is 8.10. The van der Waals surface area contributed by atoms with Gasteiger partial charge in [-0.05, 0) is 46.5 Å². The lowest BCUT2D eigenvalue weighted by atomic mass is 9.99. The molecule has 1 N–H and O–H groups in total. The minimum Gasteiger partial charge on any atom is -0.381 e. The number of nitrogens with one attached hydrogen (secondary N) is 1. The van der Waals surface area contributed by atoms with Crippen LogP contribution < -0.4 is 4.72 Å². The molecule has 0 radical (unpaired) electrons. The first kappa shape index (κ1) is 15.4. The maximum atomic E-state index is 12.4. The lowest BCUT2D eigenvalue weighted by Crippen LogP contribution is -2.44. The number of hydrogen-bond donors (Lipinski definition) is 1. The van der Waals surface area contributed by atoms with Gasteiger partial charge in [-0.1, -0.05) is 22.9 Å². The molecule has 0 bridgehead atoms. The maximum absolute atomic E-state index is 12.4. The normalized spacial score (nSPS) is 24.4. The fraction of sp³-hybridized carbons (Fsp3) is 0.500. The minimum atomic E-state index is -3.51. The Labute approximate surface area is 130 Å². The van der Waals surface area contributed by atoms with E-state index in [0.29, 0.717) is 24.1 Å². The Morgan fingerprint density at radius 2 is 2.11 bits per heavy atom. The zero-order valence-corrected chi connectivity index (χ0v) is 14.4. The summed E-state index contributed by atoms with van der Waals surface area (Å²) in [5.41, 5.74) is 0. The van der Waals surface area contributed by atoms with Gasteiger partial charge in [0.1, 0.15) is 0 Å². The largest absolute Gasteiger partial charge is 0.381 e. The van der Waals surface area contributed by atoms with Gasteiger partial charge < -0.3 is 4.74 Å². The third-order valence-corrected chi connectivity index (χ3v) is 6.09. The van der Waals surface area contributed by atoms with Crippen molar-refractivity contribution in [3.8, 4) is 0 Å². The zero-order valence-electron chi connectivity index (χ0n) is 10.4. The topological polar surface area (TPSA) is 55.4 Å². The van der Waals surface area contributed by atoms with Crippen molar-refractivity contribution in [2.24, 2.45) is 5.92 Å². The van der Waals surface area contributed by atoms with Crippen LogP contribution in [0.2, 0.25) is 0 Å². The number of halogens is 2. The van der Waals surface area contributed by atoms with Crippen LogP contribution in [0, 0.1) is 5.92 Å². The summed E-state index contributed by atoms with van der Waals surface area (Å²) in [7, 11) is -3.51. The Bertz CT molecular complexity index is 562. The van der Waals surface area contributed by atoms with Crippen LogP contribution in [-0.2, 0) is 14.8 Å². The van der Waals surface area contributed by atoms with Crippen molar-refractivity contribution < 1.29 is 13.2 Å². The van der Waals surface area contributed by atoms with E-state index in [1.807, 2.05) is 6.92 Å². The van der Waals surface area contributed by atoms with E-state index < -0.39 is 10.0 Å². The standard InChI is InChI=1S/C12H15Br2NO3S/c1-8-7-18-5-4-11(8)15-19(16,17)12-3-2-9(13)6-10(12)14/h2-3,6,8,11,15H,4-5,7H2,1H3. The quantitative estimate of drug-likeness (QED) is 0.830. The molecule has 1 saturated heterocycles. The van der Waals surface area contributed by atoms with Crippen molar-refractivity contribution in [3.63, 3.8) is 0 Å². The van der Waals surface area contributed by atoms with Crippen LogP contribution in [-0.4, -0.2) is 27.7 Å². The van der Waals surface area contributed by atoms with Gasteiger partial charge in [0.05, 0.1) is 11.5 Å². The molecule has 2 rings (SSSR count). The number of benzene rings is 1. The number of ether oxygens (including phenoxy) is 1. The molecule has 0 saturated carbocycles. The van der Waals surface area contributed by atoms with Crippen LogP contribution in [0.3, 0.4) is 0 Å². The number of sulfonamides is 1. The highest BCUT2D eigenvalue weighted by molar-refractivity contribution is 9.11. The SMILES string of the molecule is CC1COCCC1NS(=O)(=O)c1ccc(Br)cc1Br. The lowest BCUT2D eigenvalue weighted by Gasteiger charge is -2.29. The van der Waals surface area contributed by atoms with Gasteiger partial charge in [-0.25, -0.2) is 13.1 Å². The van der Waals surface area contributed by atoms with Crippen LogP contribution in [0.5, 0.6) is 0 Å². The summed E-state index contributed by atoms with van der Waals surface area (Å²) in [4.78, 5) is 0.259. The Morgan fingerprint density at radius 3 is 2.74 bits per heavy atom. The summed E-state index contributed by atoms with van der Waals surface area (Å²) in [5, 5.41) is 0. The van der Waals surface area contributed by atoms with E-state index in [2.05, 4.69) is 36.6 Å². The van der Waals surface area contributed by atoms with E-state index >= 15 is 0 Å². The molecule has 0 aliphatic carbocycles. The van der Waals surface area contributed by atoms with Crippen molar-refractivity contribution in [3.05, 3.63) is 27.1 Å². The zero-order chi connectivity index (χ0) is 14.0. The summed E-state index contributed by atoms with van der Waals surface area (Å²) >= 11 is 6.60.